The predicted octanol–water partition coefficient (Wildman–Crippen LogP) is 5.30. The molecule has 3 nitrogen and oxygen atoms in total. The van der Waals surface area contributed by atoms with Gasteiger partial charge in [-0.2, -0.15) is 4.39 Å². The van der Waals surface area contributed by atoms with Gasteiger partial charge in [0.2, 0.25) is 5.95 Å². The van der Waals surface area contributed by atoms with Gasteiger partial charge in [0.05, 0.1) is 4.90 Å². The van der Waals surface area contributed by atoms with E-state index in [-0.39, 0.29) is 4.90 Å². The SMILES string of the molecule is Cc1ccc(S(=O)(=O)N2C(F)=CC(C)(C)C2=CC2CCCCC2)cc1. The Morgan fingerprint density at radius 1 is 1.12 bits per heavy atom. The van der Waals surface area contributed by atoms with Gasteiger partial charge in [-0.15, -0.1) is 0 Å². The van der Waals surface area contributed by atoms with Crippen molar-refractivity contribution in [2.45, 2.75) is 57.8 Å². The summed E-state index contributed by atoms with van der Waals surface area (Å²) in [5.74, 6) is -0.384. The zero-order valence-corrected chi connectivity index (χ0v) is 15.9. The Labute approximate surface area is 150 Å². The van der Waals surface area contributed by atoms with Crippen LogP contribution in [0.4, 0.5) is 4.39 Å². The maximum Gasteiger partial charge on any atom is 0.270 e. The Morgan fingerprint density at radius 3 is 2.32 bits per heavy atom. The van der Waals surface area contributed by atoms with Crippen LogP contribution in [0.5, 0.6) is 0 Å². The summed E-state index contributed by atoms with van der Waals surface area (Å²) in [5.41, 5.74) is 0.867. The Morgan fingerprint density at radius 2 is 1.72 bits per heavy atom. The van der Waals surface area contributed by atoms with Crippen LogP contribution in [0.2, 0.25) is 0 Å². The van der Waals surface area contributed by atoms with Crippen LogP contribution in [0.15, 0.2) is 53.0 Å². The van der Waals surface area contributed by atoms with Crippen molar-refractivity contribution in [2.75, 3.05) is 0 Å². The first kappa shape index (κ1) is 18.2. The van der Waals surface area contributed by atoms with Gasteiger partial charge in [-0.05, 0) is 43.9 Å². The molecule has 0 aromatic heterocycles. The second-order valence-corrected chi connectivity index (χ2v) is 9.51. The molecule has 0 atom stereocenters. The van der Waals surface area contributed by atoms with Crippen LogP contribution in [-0.4, -0.2) is 12.7 Å². The van der Waals surface area contributed by atoms with Crippen molar-refractivity contribution in [2.24, 2.45) is 11.3 Å². The fraction of sp³-hybridized carbons (Fsp3) is 0.500. The smallest absolute Gasteiger partial charge is 0.213 e. The molecule has 25 heavy (non-hydrogen) atoms. The maximum atomic E-state index is 14.7. The molecule has 0 N–H and O–H groups in total. The normalized spacial score (nSPS) is 23.1. The van der Waals surface area contributed by atoms with E-state index in [0.29, 0.717) is 11.6 Å². The molecule has 0 unspecified atom stereocenters. The van der Waals surface area contributed by atoms with Crippen LogP contribution in [0.3, 0.4) is 0 Å². The summed E-state index contributed by atoms with van der Waals surface area (Å²) >= 11 is 0. The van der Waals surface area contributed by atoms with E-state index in [1.807, 2.05) is 26.8 Å². The minimum atomic E-state index is -3.95. The van der Waals surface area contributed by atoms with E-state index in [4.69, 9.17) is 0 Å². The van der Waals surface area contributed by atoms with Crippen LogP contribution < -0.4 is 0 Å². The number of halogens is 1. The van der Waals surface area contributed by atoms with Crippen molar-refractivity contribution in [3.05, 3.63) is 53.6 Å². The van der Waals surface area contributed by atoms with Gasteiger partial charge in [-0.25, -0.2) is 12.7 Å². The molecule has 136 valence electrons. The lowest BCUT2D eigenvalue weighted by molar-refractivity contribution is 0.390. The summed E-state index contributed by atoms with van der Waals surface area (Å²) in [5, 5.41) is 0. The Bertz CT molecular complexity index is 801. The number of hydrogen-bond acceptors (Lipinski definition) is 2. The van der Waals surface area contributed by atoms with Gasteiger partial charge in [0, 0.05) is 11.1 Å². The molecule has 1 aliphatic carbocycles. The molecule has 1 saturated carbocycles. The van der Waals surface area contributed by atoms with Crippen molar-refractivity contribution < 1.29 is 12.8 Å². The number of benzene rings is 1. The van der Waals surface area contributed by atoms with Gasteiger partial charge >= 0.3 is 0 Å². The maximum absolute atomic E-state index is 14.7. The van der Waals surface area contributed by atoms with Gasteiger partial charge < -0.3 is 0 Å². The van der Waals surface area contributed by atoms with Crippen molar-refractivity contribution in [3.63, 3.8) is 0 Å². The number of sulfonamides is 1. The first-order valence-corrected chi connectivity index (χ1v) is 10.4. The van der Waals surface area contributed by atoms with Crippen LogP contribution in [0, 0.1) is 18.3 Å². The quantitative estimate of drug-likeness (QED) is 0.683. The number of allylic oxidation sites excluding steroid dienone is 2. The fourth-order valence-electron chi connectivity index (χ4n) is 3.67. The highest BCUT2D eigenvalue weighted by Crippen LogP contribution is 2.45. The number of rotatable bonds is 3. The first-order chi connectivity index (χ1) is 11.7. The Balaban J connectivity index is 2.03. The fourth-order valence-corrected chi connectivity index (χ4v) is 5.20. The average Bonchev–Trinajstić information content (AvgIpc) is 2.78. The van der Waals surface area contributed by atoms with Crippen molar-refractivity contribution in [1.82, 2.24) is 4.31 Å². The highest BCUT2D eigenvalue weighted by molar-refractivity contribution is 7.89. The number of aryl methyl sites for hydroxylation is 1. The topological polar surface area (TPSA) is 37.4 Å². The molecular weight excluding hydrogens is 337 g/mol. The monoisotopic (exact) mass is 363 g/mol. The van der Waals surface area contributed by atoms with Gasteiger partial charge in [0.15, 0.2) is 0 Å². The molecule has 1 heterocycles. The van der Waals surface area contributed by atoms with E-state index in [0.717, 1.165) is 35.6 Å². The van der Waals surface area contributed by atoms with Crippen molar-refractivity contribution in [3.8, 4) is 0 Å². The molecule has 0 bridgehead atoms. The summed E-state index contributed by atoms with van der Waals surface area (Å²) in [6.45, 7) is 5.63. The third-order valence-corrected chi connectivity index (χ3v) is 6.88. The third-order valence-electron chi connectivity index (χ3n) is 5.16. The van der Waals surface area contributed by atoms with E-state index in [9.17, 15) is 12.8 Å². The van der Waals surface area contributed by atoms with Gasteiger partial charge in [0.25, 0.3) is 10.0 Å². The second kappa shape index (κ2) is 6.60. The minimum absolute atomic E-state index is 0.119. The minimum Gasteiger partial charge on any atom is -0.213 e. The van der Waals surface area contributed by atoms with Crippen molar-refractivity contribution >= 4 is 10.0 Å². The van der Waals surface area contributed by atoms with E-state index in [1.165, 1.54) is 12.5 Å². The van der Waals surface area contributed by atoms with Crippen LogP contribution in [0.1, 0.15) is 51.5 Å². The molecule has 0 spiro atoms. The zero-order valence-electron chi connectivity index (χ0n) is 15.1. The molecule has 1 fully saturated rings. The van der Waals surface area contributed by atoms with E-state index >= 15 is 0 Å². The standard InChI is InChI=1S/C20H26FNO2S/c1-15-9-11-17(12-10-15)25(23,24)22-18(20(2,3)14-19(22)21)13-16-7-5-4-6-8-16/h9-14,16H,4-8H2,1-3H3. The molecular formula is C20H26FNO2S. The van der Waals surface area contributed by atoms with E-state index in [2.05, 4.69) is 0 Å². The molecule has 1 aliphatic heterocycles. The average molecular weight is 363 g/mol. The summed E-state index contributed by atoms with van der Waals surface area (Å²) in [6.07, 6.45) is 9.01. The lowest BCUT2D eigenvalue weighted by Gasteiger charge is -2.29. The summed E-state index contributed by atoms with van der Waals surface area (Å²) < 4.78 is 41.8. The summed E-state index contributed by atoms with van der Waals surface area (Å²) in [6, 6.07) is 6.56. The van der Waals surface area contributed by atoms with Crippen LogP contribution in [0.25, 0.3) is 0 Å². The number of hydrogen-bond donors (Lipinski definition) is 0. The zero-order chi connectivity index (χ0) is 18.2. The Kier molecular flexibility index (Phi) is 4.80. The molecule has 0 radical (unpaired) electrons. The van der Waals surface area contributed by atoms with Crippen molar-refractivity contribution in [1.29, 1.82) is 0 Å². The van der Waals surface area contributed by atoms with Crippen LogP contribution >= 0.6 is 0 Å². The molecule has 0 amide bonds. The van der Waals surface area contributed by atoms with Gasteiger partial charge in [-0.3, -0.25) is 0 Å². The molecule has 5 heteroatoms. The van der Waals surface area contributed by atoms with Gasteiger partial charge in [0.1, 0.15) is 0 Å². The van der Waals surface area contributed by atoms with Gasteiger partial charge in [-0.1, -0.05) is 56.9 Å². The summed E-state index contributed by atoms with van der Waals surface area (Å²) in [7, 11) is -3.95. The van der Waals surface area contributed by atoms with E-state index in [1.54, 1.807) is 24.3 Å². The Hall–Kier alpha value is -1.62. The number of nitrogens with zero attached hydrogens (tertiary/aromatic N) is 1. The highest BCUT2D eigenvalue weighted by Gasteiger charge is 2.43. The molecule has 1 aromatic carbocycles. The molecule has 0 saturated heterocycles. The van der Waals surface area contributed by atoms with E-state index < -0.39 is 21.4 Å². The molecule has 2 aliphatic rings. The molecule has 1 aromatic rings. The third kappa shape index (κ3) is 3.52. The lowest BCUT2D eigenvalue weighted by Crippen LogP contribution is -2.30. The highest BCUT2D eigenvalue weighted by atomic mass is 32.2. The largest absolute Gasteiger partial charge is 0.270 e. The first-order valence-electron chi connectivity index (χ1n) is 8.94. The predicted molar refractivity (Wildman–Crippen MR) is 97.8 cm³/mol. The lowest BCUT2D eigenvalue weighted by atomic mass is 9.84. The molecule has 3 rings (SSSR count). The summed E-state index contributed by atoms with van der Waals surface area (Å²) in [4.78, 5) is 0.119. The second-order valence-electron chi connectivity index (χ2n) is 7.72. The van der Waals surface area contributed by atoms with Crippen LogP contribution in [-0.2, 0) is 10.0 Å².